The quantitative estimate of drug-likeness (QED) is 0.698. The zero-order chi connectivity index (χ0) is 11.5. The standard InChI is InChI=1S/C13H18F2/c1-12(2,10-13(3,14)15)9-11-7-5-4-6-8-11/h4-8H,9-10H2,1-3H3. The van der Waals surface area contributed by atoms with Crippen molar-refractivity contribution in [1.29, 1.82) is 0 Å². The number of halogens is 2. The molecule has 0 atom stereocenters. The van der Waals surface area contributed by atoms with Crippen LogP contribution in [0.1, 0.15) is 32.8 Å². The fourth-order valence-corrected chi connectivity index (χ4v) is 2.05. The summed E-state index contributed by atoms with van der Waals surface area (Å²) < 4.78 is 25.8. The van der Waals surface area contributed by atoms with Crippen molar-refractivity contribution in [2.45, 2.75) is 39.5 Å². The fourth-order valence-electron chi connectivity index (χ4n) is 2.05. The minimum atomic E-state index is -2.59. The first-order valence-corrected chi connectivity index (χ1v) is 5.20. The van der Waals surface area contributed by atoms with Gasteiger partial charge in [-0.2, -0.15) is 0 Å². The van der Waals surface area contributed by atoms with Gasteiger partial charge in [0.25, 0.3) is 0 Å². The summed E-state index contributed by atoms with van der Waals surface area (Å²) >= 11 is 0. The van der Waals surface area contributed by atoms with Crippen molar-refractivity contribution < 1.29 is 8.78 Å². The Kier molecular flexibility index (Phi) is 3.48. The van der Waals surface area contributed by atoms with E-state index in [0.717, 1.165) is 12.5 Å². The fraction of sp³-hybridized carbons (Fsp3) is 0.538. The molecule has 0 nitrogen and oxygen atoms in total. The van der Waals surface area contributed by atoms with E-state index in [9.17, 15) is 8.78 Å². The third-order valence-electron chi connectivity index (χ3n) is 2.31. The second-order valence-electron chi connectivity index (χ2n) is 5.07. The van der Waals surface area contributed by atoms with Crippen LogP contribution in [-0.2, 0) is 6.42 Å². The van der Waals surface area contributed by atoms with Crippen molar-refractivity contribution in [2.24, 2.45) is 5.41 Å². The van der Waals surface area contributed by atoms with Crippen LogP contribution in [0.3, 0.4) is 0 Å². The number of hydrogen-bond acceptors (Lipinski definition) is 0. The van der Waals surface area contributed by atoms with Crippen molar-refractivity contribution in [2.75, 3.05) is 0 Å². The molecule has 0 aliphatic rings. The molecule has 0 aliphatic carbocycles. The molecule has 1 aromatic carbocycles. The predicted molar refractivity (Wildman–Crippen MR) is 59.2 cm³/mol. The molecule has 0 heterocycles. The summed E-state index contributed by atoms with van der Waals surface area (Å²) in [6, 6.07) is 9.78. The van der Waals surface area contributed by atoms with Crippen LogP contribution in [0, 0.1) is 5.41 Å². The number of rotatable bonds is 4. The van der Waals surface area contributed by atoms with Crippen molar-refractivity contribution in [1.82, 2.24) is 0 Å². The molecule has 0 saturated carbocycles. The molecule has 0 spiro atoms. The Morgan fingerprint density at radius 2 is 1.53 bits per heavy atom. The van der Waals surface area contributed by atoms with Crippen LogP contribution >= 0.6 is 0 Å². The van der Waals surface area contributed by atoms with Gasteiger partial charge in [0.15, 0.2) is 0 Å². The van der Waals surface area contributed by atoms with Crippen molar-refractivity contribution in [3.8, 4) is 0 Å². The highest BCUT2D eigenvalue weighted by atomic mass is 19.3. The average molecular weight is 212 g/mol. The molecule has 1 aromatic rings. The van der Waals surface area contributed by atoms with Crippen LogP contribution in [0.4, 0.5) is 8.78 Å². The van der Waals surface area contributed by atoms with Gasteiger partial charge >= 0.3 is 0 Å². The zero-order valence-corrected chi connectivity index (χ0v) is 9.56. The third-order valence-corrected chi connectivity index (χ3v) is 2.31. The van der Waals surface area contributed by atoms with Crippen LogP contribution < -0.4 is 0 Å². The normalized spacial score (nSPS) is 12.9. The molecule has 0 unspecified atom stereocenters. The summed E-state index contributed by atoms with van der Waals surface area (Å²) in [7, 11) is 0. The summed E-state index contributed by atoms with van der Waals surface area (Å²) in [5, 5.41) is 0. The molecular weight excluding hydrogens is 194 g/mol. The summed E-state index contributed by atoms with van der Waals surface area (Å²) in [5.74, 6) is -2.59. The van der Waals surface area contributed by atoms with Gasteiger partial charge in [0.1, 0.15) is 0 Å². The van der Waals surface area contributed by atoms with Gasteiger partial charge in [-0.1, -0.05) is 44.2 Å². The molecule has 0 radical (unpaired) electrons. The molecule has 1 rings (SSSR count). The monoisotopic (exact) mass is 212 g/mol. The molecule has 0 N–H and O–H groups in total. The molecule has 0 bridgehead atoms. The van der Waals surface area contributed by atoms with E-state index in [-0.39, 0.29) is 11.8 Å². The Morgan fingerprint density at radius 1 is 1.00 bits per heavy atom. The van der Waals surface area contributed by atoms with Crippen LogP contribution in [0.15, 0.2) is 30.3 Å². The minimum Gasteiger partial charge on any atom is -0.207 e. The van der Waals surface area contributed by atoms with Gasteiger partial charge in [-0.15, -0.1) is 0 Å². The van der Waals surface area contributed by atoms with Gasteiger partial charge in [0.05, 0.1) is 0 Å². The molecule has 2 heteroatoms. The molecule has 84 valence electrons. The lowest BCUT2D eigenvalue weighted by Crippen LogP contribution is -2.25. The zero-order valence-electron chi connectivity index (χ0n) is 9.56. The summed E-state index contributed by atoms with van der Waals surface area (Å²) in [5.41, 5.74) is 0.756. The number of hydrogen-bond donors (Lipinski definition) is 0. The molecule has 0 amide bonds. The van der Waals surface area contributed by atoms with Gasteiger partial charge in [-0.05, 0) is 24.3 Å². The van der Waals surface area contributed by atoms with Crippen LogP contribution in [0.5, 0.6) is 0 Å². The van der Waals surface area contributed by atoms with Crippen molar-refractivity contribution in [3.63, 3.8) is 0 Å². The third kappa shape index (κ3) is 4.91. The first-order chi connectivity index (χ1) is 6.79. The lowest BCUT2D eigenvalue weighted by atomic mass is 9.81. The summed E-state index contributed by atoms with van der Waals surface area (Å²) in [6.45, 7) is 4.76. The number of benzene rings is 1. The first kappa shape index (κ1) is 12.2. The van der Waals surface area contributed by atoms with Gasteiger partial charge in [-0.3, -0.25) is 0 Å². The van der Waals surface area contributed by atoms with E-state index < -0.39 is 5.92 Å². The topological polar surface area (TPSA) is 0 Å². The maximum absolute atomic E-state index is 12.9. The Hall–Kier alpha value is -0.920. The largest absolute Gasteiger partial charge is 0.245 e. The lowest BCUT2D eigenvalue weighted by molar-refractivity contribution is -0.0208. The van der Waals surface area contributed by atoms with Crippen LogP contribution in [0.25, 0.3) is 0 Å². The summed E-state index contributed by atoms with van der Waals surface area (Å²) in [4.78, 5) is 0. The minimum absolute atomic E-state index is 0.0745. The van der Waals surface area contributed by atoms with E-state index in [0.29, 0.717) is 6.42 Å². The Morgan fingerprint density at radius 3 is 2.00 bits per heavy atom. The SMILES string of the molecule is CC(F)(F)CC(C)(C)Cc1ccccc1. The average Bonchev–Trinajstić information content (AvgIpc) is 1.99. The highest BCUT2D eigenvalue weighted by molar-refractivity contribution is 5.16. The Balaban J connectivity index is 2.65. The molecule has 0 fully saturated rings. The van der Waals surface area contributed by atoms with Gasteiger partial charge in [0.2, 0.25) is 5.92 Å². The van der Waals surface area contributed by atoms with Crippen molar-refractivity contribution >= 4 is 0 Å². The Labute approximate surface area is 90.3 Å². The second kappa shape index (κ2) is 4.30. The predicted octanol–water partition coefficient (Wildman–Crippen LogP) is 4.30. The second-order valence-corrected chi connectivity index (χ2v) is 5.07. The van der Waals surface area contributed by atoms with E-state index in [2.05, 4.69) is 0 Å². The first-order valence-electron chi connectivity index (χ1n) is 5.20. The van der Waals surface area contributed by atoms with E-state index in [4.69, 9.17) is 0 Å². The highest BCUT2D eigenvalue weighted by Gasteiger charge is 2.31. The molecule has 0 saturated heterocycles. The van der Waals surface area contributed by atoms with E-state index in [1.807, 2.05) is 44.2 Å². The van der Waals surface area contributed by atoms with E-state index in [1.54, 1.807) is 0 Å². The van der Waals surface area contributed by atoms with Gasteiger partial charge < -0.3 is 0 Å². The summed E-state index contributed by atoms with van der Waals surface area (Å²) in [6.07, 6.45) is 0.617. The van der Waals surface area contributed by atoms with Crippen LogP contribution in [-0.4, -0.2) is 5.92 Å². The highest BCUT2D eigenvalue weighted by Crippen LogP contribution is 2.34. The van der Waals surface area contributed by atoms with Crippen molar-refractivity contribution in [3.05, 3.63) is 35.9 Å². The molecule has 0 aliphatic heterocycles. The lowest BCUT2D eigenvalue weighted by Gasteiger charge is -2.27. The smallest absolute Gasteiger partial charge is 0.207 e. The van der Waals surface area contributed by atoms with E-state index >= 15 is 0 Å². The molecule has 15 heavy (non-hydrogen) atoms. The maximum Gasteiger partial charge on any atom is 0.245 e. The number of alkyl halides is 2. The molecular formula is C13H18F2. The van der Waals surface area contributed by atoms with E-state index in [1.165, 1.54) is 0 Å². The van der Waals surface area contributed by atoms with Crippen LogP contribution in [0.2, 0.25) is 0 Å². The Bertz CT molecular complexity index is 296. The van der Waals surface area contributed by atoms with Gasteiger partial charge in [-0.25, -0.2) is 8.78 Å². The van der Waals surface area contributed by atoms with Gasteiger partial charge in [0, 0.05) is 6.42 Å². The maximum atomic E-state index is 12.9. The molecule has 0 aromatic heterocycles.